The monoisotopic (exact) mass is 440 g/mol. The van der Waals surface area contributed by atoms with Gasteiger partial charge in [0.15, 0.2) is 0 Å². The van der Waals surface area contributed by atoms with Crippen molar-refractivity contribution in [3.05, 3.63) is 28.8 Å². The lowest BCUT2D eigenvalue weighted by atomic mass is 9.84. The van der Waals surface area contributed by atoms with Crippen molar-refractivity contribution in [3.63, 3.8) is 0 Å². The molecular weight excluding hydrogens is 417 g/mol. The van der Waals surface area contributed by atoms with E-state index in [4.69, 9.17) is 11.6 Å². The van der Waals surface area contributed by atoms with Gasteiger partial charge < -0.3 is 5.32 Å². The van der Waals surface area contributed by atoms with Crippen LogP contribution in [0.5, 0.6) is 0 Å². The number of hydrogen-bond acceptors (Lipinski definition) is 3. The zero-order chi connectivity index (χ0) is 21.1. The molecule has 1 aliphatic carbocycles. The number of halogens is 4. The standard InChI is InChI=1S/C18H24ClF3N2O3S/c1-3-24(4-2)28(26,27)12-9-10-15(19)13(11-12)17(25)23-16-8-6-5-7-14(16)18(20,21)22/h9-11,14,16H,3-8H2,1-2H3,(H,23,25). The molecule has 2 unspecified atom stereocenters. The molecule has 0 saturated heterocycles. The number of sulfonamides is 1. The molecule has 1 saturated carbocycles. The Hall–Kier alpha value is -1.32. The molecule has 2 rings (SSSR count). The SMILES string of the molecule is CCN(CC)S(=O)(=O)c1ccc(Cl)c(C(=O)NC2CCCCC2C(F)(F)F)c1. The van der Waals surface area contributed by atoms with Gasteiger partial charge in [-0.05, 0) is 31.0 Å². The summed E-state index contributed by atoms with van der Waals surface area (Å²) in [5.74, 6) is -2.42. The van der Waals surface area contributed by atoms with E-state index in [9.17, 15) is 26.4 Å². The van der Waals surface area contributed by atoms with Crippen LogP contribution in [0.3, 0.4) is 0 Å². The number of carbonyl (C=O) groups excluding carboxylic acids is 1. The Balaban J connectivity index is 2.31. The molecule has 0 radical (unpaired) electrons. The first-order valence-corrected chi connectivity index (χ1v) is 11.0. The molecule has 158 valence electrons. The Bertz CT molecular complexity index is 811. The highest BCUT2D eigenvalue weighted by Gasteiger charge is 2.46. The summed E-state index contributed by atoms with van der Waals surface area (Å²) in [6, 6.07) is 2.62. The molecule has 0 aromatic heterocycles. The van der Waals surface area contributed by atoms with Crippen molar-refractivity contribution in [1.29, 1.82) is 0 Å². The summed E-state index contributed by atoms with van der Waals surface area (Å²) in [6.07, 6.45) is -3.20. The average Bonchev–Trinajstić information content (AvgIpc) is 2.62. The normalized spacial score (nSPS) is 21.0. The van der Waals surface area contributed by atoms with E-state index in [1.165, 1.54) is 16.4 Å². The smallest absolute Gasteiger partial charge is 0.349 e. The maximum atomic E-state index is 13.2. The van der Waals surface area contributed by atoms with Crippen molar-refractivity contribution in [2.75, 3.05) is 13.1 Å². The van der Waals surface area contributed by atoms with E-state index in [-0.39, 0.29) is 41.4 Å². The van der Waals surface area contributed by atoms with Crippen LogP contribution in [0.15, 0.2) is 23.1 Å². The molecule has 2 atom stereocenters. The van der Waals surface area contributed by atoms with Gasteiger partial charge in [0.1, 0.15) is 0 Å². The largest absolute Gasteiger partial charge is 0.393 e. The molecule has 0 aliphatic heterocycles. The zero-order valence-electron chi connectivity index (χ0n) is 15.7. The van der Waals surface area contributed by atoms with E-state index < -0.39 is 34.1 Å². The van der Waals surface area contributed by atoms with Gasteiger partial charge in [-0.1, -0.05) is 38.3 Å². The Morgan fingerprint density at radius 3 is 2.39 bits per heavy atom. The van der Waals surface area contributed by atoms with Gasteiger partial charge in [-0.25, -0.2) is 8.42 Å². The number of alkyl halides is 3. The van der Waals surface area contributed by atoms with Crippen molar-refractivity contribution in [2.24, 2.45) is 5.92 Å². The van der Waals surface area contributed by atoms with Gasteiger partial charge in [0.25, 0.3) is 5.91 Å². The summed E-state index contributed by atoms with van der Waals surface area (Å²) in [5.41, 5.74) is -0.151. The summed E-state index contributed by atoms with van der Waals surface area (Å²) in [6.45, 7) is 3.87. The van der Waals surface area contributed by atoms with Gasteiger partial charge in [0.2, 0.25) is 10.0 Å². The quantitative estimate of drug-likeness (QED) is 0.720. The summed E-state index contributed by atoms with van der Waals surface area (Å²) < 4.78 is 66.3. The highest BCUT2D eigenvalue weighted by atomic mass is 35.5. The highest BCUT2D eigenvalue weighted by molar-refractivity contribution is 7.89. The van der Waals surface area contributed by atoms with Crippen molar-refractivity contribution >= 4 is 27.5 Å². The number of hydrogen-bond donors (Lipinski definition) is 1. The van der Waals surface area contributed by atoms with Crippen LogP contribution in [0, 0.1) is 5.92 Å². The fourth-order valence-electron chi connectivity index (χ4n) is 3.49. The Morgan fingerprint density at radius 1 is 1.21 bits per heavy atom. The predicted octanol–water partition coefficient (Wildman–Crippen LogP) is 4.22. The topological polar surface area (TPSA) is 66.5 Å². The van der Waals surface area contributed by atoms with E-state index in [2.05, 4.69) is 5.32 Å². The molecule has 0 bridgehead atoms. The third kappa shape index (κ3) is 4.99. The van der Waals surface area contributed by atoms with Crippen LogP contribution in [-0.4, -0.2) is 43.9 Å². The van der Waals surface area contributed by atoms with E-state index in [0.717, 1.165) is 6.07 Å². The number of nitrogens with one attached hydrogen (secondary N) is 1. The number of amides is 1. The average molecular weight is 441 g/mol. The number of carbonyl (C=O) groups is 1. The minimum atomic E-state index is -4.41. The van der Waals surface area contributed by atoms with Crippen molar-refractivity contribution in [1.82, 2.24) is 9.62 Å². The second-order valence-corrected chi connectivity index (χ2v) is 9.09. The van der Waals surface area contributed by atoms with Gasteiger partial charge >= 0.3 is 6.18 Å². The van der Waals surface area contributed by atoms with Crippen LogP contribution in [0.2, 0.25) is 5.02 Å². The van der Waals surface area contributed by atoms with E-state index in [1.54, 1.807) is 13.8 Å². The minimum Gasteiger partial charge on any atom is -0.349 e. The maximum Gasteiger partial charge on any atom is 0.393 e. The first kappa shape index (κ1) is 23.0. The first-order chi connectivity index (χ1) is 13.0. The van der Waals surface area contributed by atoms with Gasteiger partial charge in [-0.15, -0.1) is 0 Å². The van der Waals surface area contributed by atoms with Gasteiger partial charge in [0.05, 0.1) is 21.4 Å². The molecule has 1 aromatic carbocycles. The molecule has 5 nitrogen and oxygen atoms in total. The molecule has 1 N–H and O–H groups in total. The van der Waals surface area contributed by atoms with Crippen LogP contribution in [0.1, 0.15) is 49.9 Å². The molecule has 10 heteroatoms. The second-order valence-electron chi connectivity index (χ2n) is 6.74. The van der Waals surface area contributed by atoms with E-state index >= 15 is 0 Å². The predicted molar refractivity (Wildman–Crippen MR) is 101 cm³/mol. The van der Waals surface area contributed by atoms with Gasteiger partial charge in [-0.3, -0.25) is 4.79 Å². The number of nitrogens with zero attached hydrogens (tertiary/aromatic N) is 1. The van der Waals surface area contributed by atoms with Crippen LogP contribution in [0.25, 0.3) is 0 Å². The number of benzene rings is 1. The Morgan fingerprint density at radius 2 is 1.82 bits per heavy atom. The molecule has 1 aliphatic rings. The maximum absolute atomic E-state index is 13.2. The molecule has 28 heavy (non-hydrogen) atoms. The summed E-state index contributed by atoms with van der Waals surface area (Å²) in [4.78, 5) is 12.5. The summed E-state index contributed by atoms with van der Waals surface area (Å²) in [7, 11) is -3.83. The van der Waals surface area contributed by atoms with Crippen LogP contribution in [-0.2, 0) is 10.0 Å². The molecule has 1 fully saturated rings. The van der Waals surface area contributed by atoms with Crippen molar-refractivity contribution in [3.8, 4) is 0 Å². The summed E-state index contributed by atoms with van der Waals surface area (Å²) in [5, 5.41) is 2.40. The summed E-state index contributed by atoms with van der Waals surface area (Å²) >= 11 is 6.04. The lowest BCUT2D eigenvalue weighted by Gasteiger charge is -2.33. The Kier molecular flexibility index (Phi) is 7.38. The third-order valence-electron chi connectivity index (χ3n) is 5.03. The van der Waals surface area contributed by atoms with Crippen molar-refractivity contribution in [2.45, 2.75) is 56.6 Å². The minimum absolute atomic E-state index is 0.0182. The Labute approximate surface area is 168 Å². The molecule has 0 spiro atoms. The third-order valence-corrected chi connectivity index (χ3v) is 7.40. The first-order valence-electron chi connectivity index (χ1n) is 9.19. The second kappa shape index (κ2) is 9.00. The van der Waals surface area contributed by atoms with Crippen LogP contribution < -0.4 is 5.32 Å². The van der Waals surface area contributed by atoms with Crippen molar-refractivity contribution < 1.29 is 26.4 Å². The molecule has 0 heterocycles. The molecule has 1 aromatic rings. The van der Waals surface area contributed by atoms with Crippen LogP contribution >= 0.6 is 11.6 Å². The van der Waals surface area contributed by atoms with E-state index in [1.807, 2.05) is 0 Å². The molecule has 1 amide bonds. The highest BCUT2D eigenvalue weighted by Crippen LogP contribution is 2.38. The van der Waals surface area contributed by atoms with Gasteiger partial charge in [0, 0.05) is 19.1 Å². The zero-order valence-corrected chi connectivity index (χ0v) is 17.3. The van der Waals surface area contributed by atoms with E-state index in [0.29, 0.717) is 12.8 Å². The fourth-order valence-corrected chi connectivity index (χ4v) is 5.18. The van der Waals surface area contributed by atoms with Gasteiger partial charge in [-0.2, -0.15) is 17.5 Å². The molecular formula is C18H24ClF3N2O3S. The number of rotatable bonds is 6. The lowest BCUT2D eigenvalue weighted by molar-refractivity contribution is -0.187. The van der Waals surface area contributed by atoms with Crippen LogP contribution in [0.4, 0.5) is 13.2 Å². The fraction of sp³-hybridized carbons (Fsp3) is 0.611. The lowest BCUT2D eigenvalue weighted by Crippen LogP contribution is -2.47.